The van der Waals surface area contributed by atoms with Gasteiger partial charge >= 0.3 is 0 Å². The van der Waals surface area contributed by atoms with Crippen LogP contribution in [0.4, 0.5) is 5.69 Å². The van der Waals surface area contributed by atoms with Crippen LogP contribution >= 0.6 is 11.6 Å². The van der Waals surface area contributed by atoms with Gasteiger partial charge in [0.05, 0.1) is 39.0 Å². The summed E-state index contributed by atoms with van der Waals surface area (Å²) in [7, 11) is -0.891. The first kappa shape index (κ1) is 29.6. The van der Waals surface area contributed by atoms with Crippen LogP contribution in [0.25, 0.3) is 0 Å². The molecule has 3 aromatic carbocycles. The number of benzene rings is 3. The minimum Gasteiger partial charge on any atom is -0.493 e. The molecule has 12 heteroatoms. The highest BCUT2D eigenvalue weighted by Crippen LogP contribution is 2.32. The number of anilines is 1. The Morgan fingerprint density at radius 1 is 0.974 bits per heavy atom. The van der Waals surface area contributed by atoms with Crippen LogP contribution in [-0.4, -0.2) is 54.2 Å². The van der Waals surface area contributed by atoms with E-state index in [2.05, 4.69) is 10.5 Å². The molecule has 0 radical (unpaired) electrons. The molecule has 3 rings (SSSR count). The van der Waals surface area contributed by atoms with Gasteiger partial charge in [-0.3, -0.25) is 9.10 Å². The summed E-state index contributed by atoms with van der Waals surface area (Å²) < 4.78 is 47.8. The van der Waals surface area contributed by atoms with Crippen LogP contribution < -0.4 is 28.7 Å². The van der Waals surface area contributed by atoms with Gasteiger partial charge in [-0.25, -0.2) is 13.8 Å². The Bertz CT molecular complexity index is 1430. The molecule has 0 unspecified atom stereocenters. The van der Waals surface area contributed by atoms with Crippen LogP contribution in [0.2, 0.25) is 5.02 Å². The van der Waals surface area contributed by atoms with E-state index in [-0.39, 0.29) is 5.69 Å². The standard InChI is InChI=1S/C27H30ClN3O7S/c1-5-37-26-14-19(9-11-24(26)38-18-20-7-6-8-21(28)13-20)16-29-30-27(32)17-31(39(4,33)34)22-10-12-23(35-2)25(15-22)36-3/h6-16H,5,17-18H2,1-4H3,(H,30,32)/b29-16-. The number of carbonyl (C=O) groups excluding carboxylic acids is 1. The third kappa shape index (κ3) is 8.52. The number of carbonyl (C=O) groups is 1. The Morgan fingerprint density at radius 2 is 1.72 bits per heavy atom. The molecule has 0 aromatic heterocycles. The van der Waals surface area contributed by atoms with Gasteiger partial charge in [0.2, 0.25) is 10.0 Å². The Kier molecular flexibility index (Phi) is 10.4. The van der Waals surface area contributed by atoms with Crippen molar-refractivity contribution in [2.75, 3.05) is 37.9 Å². The van der Waals surface area contributed by atoms with Gasteiger partial charge in [-0.2, -0.15) is 5.10 Å². The number of ether oxygens (including phenoxy) is 4. The molecule has 0 fully saturated rings. The topological polar surface area (TPSA) is 116 Å². The molecule has 0 atom stereocenters. The average molecular weight is 576 g/mol. The van der Waals surface area contributed by atoms with E-state index >= 15 is 0 Å². The number of nitrogens with zero attached hydrogens (tertiary/aromatic N) is 2. The lowest BCUT2D eigenvalue weighted by molar-refractivity contribution is -0.119. The van der Waals surface area contributed by atoms with Gasteiger partial charge in [0.15, 0.2) is 23.0 Å². The quantitative estimate of drug-likeness (QED) is 0.239. The van der Waals surface area contributed by atoms with Gasteiger partial charge in [-0.1, -0.05) is 23.7 Å². The van der Waals surface area contributed by atoms with Crippen molar-refractivity contribution in [3.05, 3.63) is 76.8 Å². The van der Waals surface area contributed by atoms with Crippen molar-refractivity contribution in [1.29, 1.82) is 0 Å². The lowest BCUT2D eigenvalue weighted by Crippen LogP contribution is -2.39. The maximum atomic E-state index is 12.6. The van der Waals surface area contributed by atoms with E-state index in [0.717, 1.165) is 16.1 Å². The molecule has 0 saturated carbocycles. The SMILES string of the molecule is CCOc1cc(/C=N\NC(=O)CN(c2ccc(OC)c(OC)c2)S(C)(=O)=O)ccc1OCc1cccc(Cl)c1. The predicted molar refractivity (Wildman–Crippen MR) is 151 cm³/mol. The fourth-order valence-electron chi connectivity index (χ4n) is 3.50. The summed E-state index contributed by atoms with van der Waals surface area (Å²) in [5.41, 5.74) is 4.14. The Balaban J connectivity index is 1.68. The zero-order valence-electron chi connectivity index (χ0n) is 22.0. The lowest BCUT2D eigenvalue weighted by Gasteiger charge is -2.22. The van der Waals surface area contributed by atoms with E-state index < -0.39 is 22.5 Å². The van der Waals surface area contributed by atoms with Crippen LogP contribution in [0.1, 0.15) is 18.1 Å². The number of nitrogens with one attached hydrogen (secondary N) is 1. The highest BCUT2D eigenvalue weighted by molar-refractivity contribution is 7.92. The maximum Gasteiger partial charge on any atom is 0.260 e. The summed E-state index contributed by atoms with van der Waals surface area (Å²) in [4.78, 5) is 12.6. The lowest BCUT2D eigenvalue weighted by atomic mass is 10.2. The normalized spacial score (nSPS) is 11.2. The second kappa shape index (κ2) is 13.7. The highest BCUT2D eigenvalue weighted by atomic mass is 35.5. The molecular formula is C27H30ClN3O7S. The monoisotopic (exact) mass is 575 g/mol. The molecule has 208 valence electrons. The second-order valence-electron chi connectivity index (χ2n) is 8.16. The number of halogens is 1. The van der Waals surface area contributed by atoms with Crippen molar-refractivity contribution in [3.8, 4) is 23.0 Å². The summed E-state index contributed by atoms with van der Waals surface area (Å²) in [6, 6.07) is 17.1. The molecule has 39 heavy (non-hydrogen) atoms. The van der Waals surface area contributed by atoms with E-state index in [9.17, 15) is 13.2 Å². The van der Waals surface area contributed by atoms with Gasteiger partial charge < -0.3 is 18.9 Å². The summed E-state index contributed by atoms with van der Waals surface area (Å²) in [6.45, 7) is 2.09. The molecule has 0 aliphatic carbocycles. The molecule has 0 aliphatic heterocycles. The van der Waals surface area contributed by atoms with Gasteiger partial charge in [-0.05, 0) is 60.5 Å². The average Bonchev–Trinajstić information content (AvgIpc) is 2.90. The zero-order chi connectivity index (χ0) is 28.4. The van der Waals surface area contributed by atoms with Crippen LogP contribution in [0.5, 0.6) is 23.0 Å². The number of hydrogen-bond acceptors (Lipinski definition) is 8. The molecule has 10 nitrogen and oxygen atoms in total. The molecule has 1 amide bonds. The molecule has 0 aliphatic rings. The largest absolute Gasteiger partial charge is 0.493 e. The molecule has 3 aromatic rings. The third-order valence-corrected chi connectivity index (χ3v) is 6.67. The number of hydrogen-bond donors (Lipinski definition) is 1. The third-order valence-electron chi connectivity index (χ3n) is 5.30. The van der Waals surface area contributed by atoms with Crippen LogP contribution in [-0.2, 0) is 21.4 Å². The molecule has 0 spiro atoms. The number of methoxy groups -OCH3 is 2. The summed E-state index contributed by atoms with van der Waals surface area (Å²) >= 11 is 6.04. The molecule has 0 bridgehead atoms. The summed E-state index contributed by atoms with van der Waals surface area (Å²) in [5.74, 6) is 1.16. The molecular weight excluding hydrogens is 546 g/mol. The fourth-order valence-corrected chi connectivity index (χ4v) is 4.57. The van der Waals surface area contributed by atoms with E-state index in [0.29, 0.717) is 46.8 Å². The van der Waals surface area contributed by atoms with Gasteiger partial charge in [0.25, 0.3) is 5.91 Å². The second-order valence-corrected chi connectivity index (χ2v) is 10.5. The molecule has 0 heterocycles. The fraction of sp³-hybridized carbons (Fsp3) is 0.259. The van der Waals surface area contributed by atoms with E-state index in [1.165, 1.54) is 32.6 Å². The number of rotatable bonds is 13. The Labute approximate surface area is 233 Å². The van der Waals surface area contributed by atoms with E-state index in [4.69, 9.17) is 30.5 Å². The van der Waals surface area contributed by atoms with Crippen molar-refractivity contribution in [1.82, 2.24) is 5.43 Å². The first-order valence-electron chi connectivity index (χ1n) is 11.8. The van der Waals surface area contributed by atoms with Gasteiger partial charge in [0.1, 0.15) is 13.2 Å². The summed E-state index contributed by atoms with van der Waals surface area (Å²) in [6.07, 6.45) is 2.42. The van der Waals surface area contributed by atoms with Crippen LogP contribution in [0.15, 0.2) is 65.8 Å². The van der Waals surface area contributed by atoms with E-state index in [1.54, 1.807) is 30.3 Å². The van der Waals surface area contributed by atoms with Crippen LogP contribution in [0, 0.1) is 0 Å². The van der Waals surface area contributed by atoms with Gasteiger partial charge in [-0.15, -0.1) is 0 Å². The Morgan fingerprint density at radius 3 is 2.38 bits per heavy atom. The van der Waals surface area contributed by atoms with Crippen molar-refractivity contribution >= 4 is 39.4 Å². The minimum atomic E-state index is -3.79. The number of hydrazone groups is 1. The number of sulfonamides is 1. The summed E-state index contributed by atoms with van der Waals surface area (Å²) in [5, 5.41) is 4.59. The first-order valence-corrected chi connectivity index (χ1v) is 14.0. The van der Waals surface area contributed by atoms with Crippen molar-refractivity contribution in [2.24, 2.45) is 5.10 Å². The minimum absolute atomic E-state index is 0.240. The smallest absolute Gasteiger partial charge is 0.260 e. The predicted octanol–water partition coefficient (Wildman–Crippen LogP) is 4.25. The van der Waals surface area contributed by atoms with Crippen molar-refractivity contribution in [3.63, 3.8) is 0 Å². The highest BCUT2D eigenvalue weighted by Gasteiger charge is 2.22. The molecule has 1 N–H and O–H groups in total. The zero-order valence-corrected chi connectivity index (χ0v) is 23.6. The molecule has 0 saturated heterocycles. The van der Waals surface area contributed by atoms with Crippen LogP contribution in [0.3, 0.4) is 0 Å². The van der Waals surface area contributed by atoms with Gasteiger partial charge in [0, 0.05) is 11.1 Å². The number of amides is 1. The van der Waals surface area contributed by atoms with E-state index in [1.807, 2.05) is 25.1 Å². The Hall–Kier alpha value is -3.96. The van der Waals surface area contributed by atoms with Crippen molar-refractivity contribution < 1.29 is 32.2 Å². The van der Waals surface area contributed by atoms with Crippen molar-refractivity contribution in [2.45, 2.75) is 13.5 Å². The maximum absolute atomic E-state index is 12.6. The first-order chi connectivity index (χ1) is 18.6.